The molecule has 2 aromatic carbocycles. The molecule has 2 aromatic rings. The standard InChI is InChI=1S/C18H21NO4/c1-3-21-16-11-10-15(12-17(16)22-4-2)18(20)19-23-13-14-8-6-5-7-9-14/h5-12H,3-4,13H2,1-2H3,(H,19,20). The van der Waals surface area contributed by atoms with Gasteiger partial charge in [0, 0.05) is 5.56 Å². The Morgan fingerprint density at radius 1 is 0.957 bits per heavy atom. The van der Waals surface area contributed by atoms with E-state index in [1.807, 2.05) is 44.2 Å². The summed E-state index contributed by atoms with van der Waals surface area (Å²) in [4.78, 5) is 17.4. The van der Waals surface area contributed by atoms with Crippen LogP contribution in [0.4, 0.5) is 0 Å². The molecule has 0 aliphatic heterocycles. The number of nitrogens with one attached hydrogen (secondary N) is 1. The summed E-state index contributed by atoms with van der Waals surface area (Å²) in [5, 5.41) is 0. The lowest BCUT2D eigenvalue weighted by atomic mass is 10.2. The van der Waals surface area contributed by atoms with E-state index in [4.69, 9.17) is 14.3 Å². The van der Waals surface area contributed by atoms with E-state index < -0.39 is 0 Å². The van der Waals surface area contributed by atoms with Gasteiger partial charge < -0.3 is 9.47 Å². The second-order valence-electron chi connectivity index (χ2n) is 4.73. The molecule has 5 nitrogen and oxygen atoms in total. The highest BCUT2D eigenvalue weighted by molar-refractivity contribution is 5.94. The Morgan fingerprint density at radius 3 is 2.35 bits per heavy atom. The Morgan fingerprint density at radius 2 is 1.65 bits per heavy atom. The molecular weight excluding hydrogens is 294 g/mol. The molecule has 0 saturated heterocycles. The molecule has 23 heavy (non-hydrogen) atoms. The van der Waals surface area contributed by atoms with Gasteiger partial charge in [-0.15, -0.1) is 0 Å². The largest absolute Gasteiger partial charge is 0.490 e. The van der Waals surface area contributed by atoms with Crippen molar-refractivity contribution in [2.24, 2.45) is 0 Å². The molecule has 0 radical (unpaired) electrons. The molecule has 0 heterocycles. The van der Waals surface area contributed by atoms with Crippen molar-refractivity contribution in [2.45, 2.75) is 20.5 Å². The highest BCUT2D eigenvalue weighted by Gasteiger charge is 2.11. The first-order chi connectivity index (χ1) is 11.2. The Hall–Kier alpha value is -2.53. The summed E-state index contributed by atoms with van der Waals surface area (Å²) in [6.45, 7) is 5.11. The van der Waals surface area contributed by atoms with E-state index in [1.165, 1.54) is 0 Å². The lowest BCUT2D eigenvalue weighted by molar-refractivity contribution is 0.0233. The summed E-state index contributed by atoms with van der Waals surface area (Å²) in [6.07, 6.45) is 0. The van der Waals surface area contributed by atoms with Crippen molar-refractivity contribution in [2.75, 3.05) is 13.2 Å². The van der Waals surface area contributed by atoms with Gasteiger partial charge in [-0.05, 0) is 37.6 Å². The molecule has 122 valence electrons. The first-order valence-corrected chi connectivity index (χ1v) is 7.60. The monoisotopic (exact) mass is 315 g/mol. The molecule has 1 N–H and O–H groups in total. The first-order valence-electron chi connectivity index (χ1n) is 7.60. The molecule has 0 atom stereocenters. The van der Waals surface area contributed by atoms with Crippen molar-refractivity contribution in [1.82, 2.24) is 5.48 Å². The number of benzene rings is 2. The van der Waals surface area contributed by atoms with Gasteiger partial charge in [0.1, 0.15) is 0 Å². The van der Waals surface area contributed by atoms with Gasteiger partial charge in [0.25, 0.3) is 5.91 Å². The van der Waals surface area contributed by atoms with E-state index in [2.05, 4.69) is 5.48 Å². The Bertz CT molecular complexity index is 628. The Labute approximate surface area is 136 Å². The predicted octanol–water partition coefficient (Wildman–Crippen LogP) is 3.35. The van der Waals surface area contributed by atoms with Gasteiger partial charge >= 0.3 is 0 Å². The van der Waals surface area contributed by atoms with Crippen LogP contribution in [0.25, 0.3) is 0 Å². The average molecular weight is 315 g/mol. The number of ether oxygens (including phenoxy) is 2. The van der Waals surface area contributed by atoms with Crippen molar-refractivity contribution in [3.63, 3.8) is 0 Å². The molecule has 0 spiro atoms. The lowest BCUT2D eigenvalue weighted by Gasteiger charge is -2.12. The molecule has 0 aliphatic carbocycles. The highest BCUT2D eigenvalue weighted by Crippen LogP contribution is 2.28. The van der Waals surface area contributed by atoms with Crippen LogP contribution in [-0.2, 0) is 11.4 Å². The van der Waals surface area contributed by atoms with Crippen molar-refractivity contribution in [3.05, 3.63) is 59.7 Å². The average Bonchev–Trinajstić information content (AvgIpc) is 2.58. The van der Waals surface area contributed by atoms with Gasteiger partial charge in [-0.2, -0.15) is 0 Å². The zero-order valence-corrected chi connectivity index (χ0v) is 13.4. The van der Waals surface area contributed by atoms with Crippen LogP contribution in [0.3, 0.4) is 0 Å². The summed E-state index contributed by atoms with van der Waals surface area (Å²) < 4.78 is 11.0. The zero-order chi connectivity index (χ0) is 16.5. The van der Waals surface area contributed by atoms with Crippen LogP contribution in [0.15, 0.2) is 48.5 Å². The maximum atomic E-state index is 12.1. The molecule has 1 amide bonds. The Balaban J connectivity index is 1.97. The van der Waals surface area contributed by atoms with Crippen molar-refractivity contribution in [3.8, 4) is 11.5 Å². The second-order valence-corrected chi connectivity index (χ2v) is 4.73. The molecule has 0 saturated carbocycles. The number of hydroxylamine groups is 1. The van der Waals surface area contributed by atoms with E-state index >= 15 is 0 Å². The number of amides is 1. The first kappa shape index (κ1) is 16.8. The molecule has 0 aromatic heterocycles. The minimum atomic E-state index is -0.329. The fourth-order valence-corrected chi connectivity index (χ4v) is 2.01. The number of rotatable bonds is 8. The quantitative estimate of drug-likeness (QED) is 0.759. The molecule has 0 fully saturated rings. The molecule has 0 unspecified atom stereocenters. The summed E-state index contributed by atoms with van der Waals surface area (Å²) >= 11 is 0. The topological polar surface area (TPSA) is 56.8 Å². The molecule has 0 bridgehead atoms. The predicted molar refractivity (Wildman–Crippen MR) is 87.5 cm³/mol. The van der Waals surface area contributed by atoms with Crippen LogP contribution < -0.4 is 15.0 Å². The van der Waals surface area contributed by atoms with Crippen molar-refractivity contribution < 1.29 is 19.1 Å². The summed E-state index contributed by atoms with van der Waals surface area (Å²) in [6, 6.07) is 14.7. The number of carbonyl (C=O) groups excluding carboxylic acids is 1. The maximum Gasteiger partial charge on any atom is 0.274 e. The lowest BCUT2D eigenvalue weighted by Crippen LogP contribution is -2.23. The van der Waals surface area contributed by atoms with Crippen molar-refractivity contribution in [1.29, 1.82) is 0 Å². The van der Waals surface area contributed by atoms with Gasteiger partial charge in [-0.25, -0.2) is 5.48 Å². The summed E-state index contributed by atoms with van der Waals surface area (Å²) in [5.41, 5.74) is 3.86. The van der Waals surface area contributed by atoms with Gasteiger partial charge in [0.2, 0.25) is 0 Å². The van der Waals surface area contributed by atoms with E-state index in [-0.39, 0.29) is 5.91 Å². The highest BCUT2D eigenvalue weighted by atomic mass is 16.6. The molecular formula is C18H21NO4. The van der Waals surface area contributed by atoms with E-state index in [0.717, 1.165) is 5.56 Å². The van der Waals surface area contributed by atoms with Crippen LogP contribution in [0.5, 0.6) is 11.5 Å². The maximum absolute atomic E-state index is 12.1. The smallest absolute Gasteiger partial charge is 0.274 e. The van der Waals surface area contributed by atoms with Gasteiger partial charge in [0.15, 0.2) is 11.5 Å². The van der Waals surface area contributed by atoms with Crippen molar-refractivity contribution >= 4 is 5.91 Å². The SMILES string of the molecule is CCOc1ccc(C(=O)NOCc2ccccc2)cc1OCC. The van der Waals surface area contributed by atoms with E-state index in [0.29, 0.717) is 36.9 Å². The second kappa shape index (κ2) is 8.80. The minimum Gasteiger partial charge on any atom is -0.490 e. The summed E-state index contributed by atoms with van der Waals surface area (Å²) in [7, 11) is 0. The molecule has 0 aliphatic rings. The van der Waals surface area contributed by atoms with Crippen LogP contribution in [0, 0.1) is 0 Å². The van der Waals surface area contributed by atoms with Gasteiger partial charge in [0.05, 0.1) is 19.8 Å². The van der Waals surface area contributed by atoms with E-state index in [9.17, 15) is 4.79 Å². The molecule has 2 rings (SSSR count). The number of carbonyl (C=O) groups is 1. The summed E-state index contributed by atoms with van der Waals surface area (Å²) in [5.74, 6) is 0.839. The third-order valence-electron chi connectivity index (χ3n) is 3.05. The zero-order valence-electron chi connectivity index (χ0n) is 13.4. The van der Waals surface area contributed by atoms with Crippen LogP contribution in [-0.4, -0.2) is 19.1 Å². The fourth-order valence-electron chi connectivity index (χ4n) is 2.01. The van der Waals surface area contributed by atoms with Gasteiger partial charge in [-0.3, -0.25) is 9.63 Å². The molecule has 5 heteroatoms. The third-order valence-corrected chi connectivity index (χ3v) is 3.05. The number of hydrogen-bond acceptors (Lipinski definition) is 4. The van der Waals surface area contributed by atoms with Crippen LogP contribution in [0.2, 0.25) is 0 Å². The number of hydrogen-bond donors (Lipinski definition) is 1. The van der Waals surface area contributed by atoms with Crippen LogP contribution >= 0.6 is 0 Å². The Kier molecular flexibility index (Phi) is 6.44. The fraction of sp³-hybridized carbons (Fsp3) is 0.278. The van der Waals surface area contributed by atoms with Crippen LogP contribution in [0.1, 0.15) is 29.8 Å². The third kappa shape index (κ3) is 5.00. The van der Waals surface area contributed by atoms with Gasteiger partial charge in [-0.1, -0.05) is 30.3 Å². The normalized spacial score (nSPS) is 10.2. The minimum absolute atomic E-state index is 0.307. The van der Waals surface area contributed by atoms with E-state index in [1.54, 1.807) is 18.2 Å².